The first-order chi connectivity index (χ1) is 8.54. The summed E-state index contributed by atoms with van der Waals surface area (Å²) in [6.07, 6.45) is 2.40. The van der Waals surface area contributed by atoms with Gasteiger partial charge in [-0.2, -0.15) is 10.4 Å². The molecule has 1 saturated carbocycles. The van der Waals surface area contributed by atoms with Gasteiger partial charge in [-0.15, -0.1) is 5.10 Å². The third-order valence-electron chi connectivity index (χ3n) is 3.37. The first-order valence-electron chi connectivity index (χ1n) is 6.55. The Hall–Kier alpha value is -1.63. The quantitative estimate of drug-likeness (QED) is 0.817. The topological polar surface area (TPSA) is 52.8 Å². The summed E-state index contributed by atoms with van der Waals surface area (Å²) in [4.78, 5) is 2.27. The van der Waals surface area contributed by atoms with E-state index in [2.05, 4.69) is 35.0 Å². The summed E-state index contributed by atoms with van der Waals surface area (Å²) in [5, 5.41) is 17.8. The molecule has 0 atom stereocenters. The van der Waals surface area contributed by atoms with E-state index in [1.165, 1.54) is 12.8 Å². The maximum atomic E-state index is 9.36. The number of aryl methyl sites for hydroxylation is 1. The Morgan fingerprint density at radius 1 is 1.33 bits per heavy atom. The number of hydrogen-bond donors (Lipinski definition) is 0. The van der Waals surface area contributed by atoms with Gasteiger partial charge in [-0.25, -0.2) is 0 Å². The minimum atomic E-state index is 0.552. The number of nitrogens with zero attached hydrogens (tertiary/aromatic N) is 4. The van der Waals surface area contributed by atoms with E-state index in [4.69, 9.17) is 0 Å². The smallest absolute Gasteiger partial charge is 0.169 e. The molecule has 0 bridgehead atoms. The van der Waals surface area contributed by atoms with Crippen LogP contribution in [0.1, 0.15) is 43.5 Å². The molecule has 0 spiro atoms. The zero-order valence-electron chi connectivity index (χ0n) is 11.6. The van der Waals surface area contributed by atoms with Gasteiger partial charge in [0.2, 0.25) is 0 Å². The summed E-state index contributed by atoms with van der Waals surface area (Å²) >= 11 is 0. The highest BCUT2D eigenvalue weighted by molar-refractivity contribution is 5.58. The highest BCUT2D eigenvalue weighted by Crippen LogP contribution is 2.33. The van der Waals surface area contributed by atoms with Crippen LogP contribution in [0.25, 0.3) is 0 Å². The molecule has 2 rings (SSSR count). The fourth-order valence-corrected chi connectivity index (χ4v) is 2.12. The normalized spacial score (nSPS) is 14.7. The summed E-state index contributed by atoms with van der Waals surface area (Å²) in [6.45, 7) is 9.17. The molecule has 0 saturated heterocycles. The maximum absolute atomic E-state index is 9.36. The number of anilines is 1. The first-order valence-corrected chi connectivity index (χ1v) is 6.55. The van der Waals surface area contributed by atoms with Crippen LogP contribution < -0.4 is 4.90 Å². The minimum absolute atomic E-state index is 0.552. The Morgan fingerprint density at radius 3 is 2.50 bits per heavy atom. The van der Waals surface area contributed by atoms with E-state index < -0.39 is 0 Å². The Kier molecular flexibility index (Phi) is 3.51. The van der Waals surface area contributed by atoms with Crippen LogP contribution in [0.15, 0.2) is 0 Å². The highest BCUT2D eigenvalue weighted by atomic mass is 15.3. The second-order valence-electron chi connectivity index (χ2n) is 5.50. The van der Waals surface area contributed by atoms with Crippen LogP contribution in [0.5, 0.6) is 0 Å². The Morgan fingerprint density at radius 2 is 2.00 bits per heavy atom. The number of rotatable bonds is 4. The van der Waals surface area contributed by atoms with Crippen LogP contribution >= 0.6 is 0 Å². The number of hydrogen-bond acceptors (Lipinski definition) is 4. The summed E-state index contributed by atoms with van der Waals surface area (Å²) in [5.41, 5.74) is 2.49. The number of nitriles is 1. The van der Waals surface area contributed by atoms with E-state index >= 15 is 0 Å². The molecule has 1 fully saturated rings. The van der Waals surface area contributed by atoms with Crippen molar-refractivity contribution in [1.82, 2.24) is 10.2 Å². The lowest BCUT2D eigenvalue weighted by atomic mass is 10.1. The molecule has 4 heteroatoms. The van der Waals surface area contributed by atoms with E-state index in [9.17, 15) is 5.26 Å². The van der Waals surface area contributed by atoms with Gasteiger partial charge in [-0.3, -0.25) is 0 Å². The molecule has 0 N–H and O–H groups in total. The zero-order valence-corrected chi connectivity index (χ0v) is 11.6. The monoisotopic (exact) mass is 244 g/mol. The Labute approximate surface area is 109 Å². The predicted octanol–water partition coefficient (Wildman–Crippen LogP) is 2.59. The van der Waals surface area contributed by atoms with E-state index in [0.29, 0.717) is 17.5 Å². The summed E-state index contributed by atoms with van der Waals surface area (Å²) < 4.78 is 0. The van der Waals surface area contributed by atoms with Crippen molar-refractivity contribution in [3.63, 3.8) is 0 Å². The van der Waals surface area contributed by atoms with Crippen LogP contribution in [0.3, 0.4) is 0 Å². The van der Waals surface area contributed by atoms with Gasteiger partial charge >= 0.3 is 0 Å². The van der Waals surface area contributed by atoms with Crippen molar-refractivity contribution in [3.8, 4) is 6.07 Å². The van der Waals surface area contributed by atoms with Crippen molar-refractivity contribution < 1.29 is 0 Å². The molecule has 1 aromatic heterocycles. The molecule has 96 valence electrons. The molecule has 1 aliphatic rings. The molecule has 1 heterocycles. The van der Waals surface area contributed by atoms with Gasteiger partial charge in [0.25, 0.3) is 0 Å². The van der Waals surface area contributed by atoms with Crippen molar-refractivity contribution in [2.24, 2.45) is 5.92 Å². The summed E-state index contributed by atoms with van der Waals surface area (Å²) in [5.74, 6) is 1.33. The lowest BCUT2D eigenvalue weighted by Gasteiger charge is -2.26. The van der Waals surface area contributed by atoms with Crippen LogP contribution in [0.2, 0.25) is 0 Å². The molecule has 0 aromatic carbocycles. The summed E-state index contributed by atoms with van der Waals surface area (Å²) in [6, 6.07) is 2.85. The largest absolute Gasteiger partial charge is 0.351 e. The molecule has 0 radical (unpaired) electrons. The third-order valence-corrected chi connectivity index (χ3v) is 3.37. The molecule has 0 aliphatic heterocycles. The lowest BCUT2D eigenvalue weighted by Crippen LogP contribution is -2.32. The lowest BCUT2D eigenvalue weighted by molar-refractivity contribution is 0.599. The van der Waals surface area contributed by atoms with Crippen molar-refractivity contribution in [3.05, 3.63) is 16.8 Å². The molecule has 1 aliphatic carbocycles. The van der Waals surface area contributed by atoms with Crippen LogP contribution in [0, 0.1) is 31.1 Å². The van der Waals surface area contributed by atoms with Crippen molar-refractivity contribution in [1.29, 1.82) is 5.26 Å². The molecule has 0 unspecified atom stereocenters. The highest BCUT2D eigenvalue weighted by Gasteiger charge is 2.32. The third kappa shape index (κ3) is 2.45. The van der Waals surface area contributed by atoms with E-state index in [-0.39, 0.29) is 0 Å². The van der Waals surface area contributed by atoms with Gasteiger partial charge in [0.15, 0.2) is 5.82 Å². The zero-order chi connectivity index (χ0) is 13.3. The fourth-order valence-electron chi connectivity index (χ4n) is 2.12. The molecular formula is C14H20N4. The molecule has 0 amide bonds. The van der Waals surface area contributed by atoms with Crippen LogP contribution in [-0.2, 0) is 0 Å². The average Bonchev–Trinajstić information content (AvgIpc) is 3.13. The Balaban J connectivity index is 2.41. The van der Waals surface area contributed by atoms with Gasteiger partial charge in [-0.1, -0.05) is 13.8 Å². The molecule has 4 nitrogen and oxygen atoms in total. The van der Waals surface area contributed by atoms with Gasteiger partial charge < -0.3 is 4.90 Å². The van der Waals surface area contributed by atoms with Gasteiger partial charge in [0.1, 0.15) is 11.6 Å². The fraction of sp³-hybridized carbons (Fsp3) is 0.643. The van der Waals surface area contributed by atoms with Gasteiger partial charge in [-0.05, 0) is 38.2 Å². The Bertz CT molecular complexity index is 483. The van der Waals surface area contributed by atoms with E-state index in [1.807, 2.05) is 13.8 Å². The van der Waals surface area contributed by atoms with E-state index in [0.717, 1.165) is 23.6 Å². The predicted molar refractivity (Wildman–Crippen MR) is 71.4 cm³/mol. The average molecular weight is 244 g/mol. The summed E-state index contributed by atoms with van der Waals surface area (Å²) in [7, 11) is 0. The SMILES string of the molecule is Cc1nnc(N(CC(C)C)C2CC2)c(C#N)c1C. The van der Waals surface area contributed by atoms with Crippen molar-refractivity contribution in [2.75, 3.05) is 11.4 Å². The first kappa shape index (κ1) is 12.8. The van der Waals surface area contributed by atoms with Gasteiger partial charge in [0, 0.05) is 12.6 Å². The molecular weight excluding hydrogens is 224 g/mol. The molecule has 1 aromatic rings. The standard InChI is InChI=1S/C14H20N4/c1-9(2)8-18(12-5-6-12)14-13(7-15)10(3)11(4)16-17-14/h9,12H,5-6,8H2,1-4H3. The minimum Gasteiger partial charge on any atom is -0.351 e. The van der Waals surface area contributed by atoms with Crippen LogP contribution in [-0.4, -0.2) is 22.8 Å². The van der Waals surface area contributed by atoms with Crippen LogP contribution in [0.4, 0.5) is 5.82 Å². The molecule has 18 heavy (non-hydrogen) atoms. The number of aromatic nitrogens is 2. The van der Waals surface area contributed by atoms with Crippen molar-refractivity contribution in [2.45, 2.75) is 46.6 Å². The second kappa shape index (κ2) is 4.93. The maximum Gasteiger partial charge on any atom is 0.169 e. The van der Waals surface area contributed by atoms with E-state index in [1.54, 1.807) is 0 Å². The van der Waals surface area contributed by atoms with Crippen molar-refractivity contribution >= 4 is 5.82 Å². The second-order valence-corrected chi connectivity index (χ2v) is 5.50. The van der Waals surface area contributed by atoms with Gasteiger partial charge in [0.05, 0.1) is 5.69 Å².